The van der Waals surface area contributed by atoms with Gasteiger partial charge in [0.15, 0.2) is 0 Å². The normalized spacial score (nSPS) is 11.8. The number of nitrogens with one attached hydrogen (secondary N) is 1. The lowest BCUT2D eigenvalue weighted by Crippen LogP contribution is -2.53. The van der Waals surface area contributed by atoms with Gasteiger partial charge in [-0.3, -0.25) is 13.9 Å². The minimum Gasteiger partial charge on any atom is -0.497 e. The van der Waals surface area contributed by atoms with Crippen molar-refractivity contribution in [3.63, 3.8) is 0 Å². The predicted molar refractivity (Wildman–Crippen MR) is 169 cm³/mol. The number of rotatable bonds is 12. The summed E-state index contributed by atoms with van der Waals surface area (Å²) in [6.45, 7) is 1.49. The van der Waals surface area contributed by atoms with Crippen molar-refractivity contribution < 1.29 is 22.7 Å². The van der Waals surface area contributed by atoms with Crippen molar-refractivity contribution >= 4 is 39.1 Å². The van der Waals surface area contributed by atoms with Crippen LogP contribution in [-0.2, 0) is 32.6 Å². The quantitative estimate of drug-likeness (QED) is 0.234. The molecule has 0 saturated carbocycles. The Balaban J connectivity index is 1.78. The van der Waals surface area contributed by atoms with Crippen molar-refractivity contribution in [2.24, 2.45) is 0 Å². The first-order valence-corrected chi connectivity index (χ1v) is 15.5. The van der Waals surface area contributed by atoms with Gasteiger partial charge in [-0.1, -0.05) is 77.8 Å². The van der Waals surface area contributed by atoms with Crippen LogP contribution in [0.5, 0.6) is 5.75 Å². The lowest BCUT2D eigenvalue weighted by molar-refractivity contribution is -0.139. The summed E-state index contributed by atoms with van der Waals surface area (Å²) in [5, 5.41) is 2.99. The van der Waals surface area contributed by atoms with Crippen LogP contribution in [0.25, 0.3) is 0 Å². The molecule has 0 aromatic heterocycles. The molecule has 0 aliphatic carbocycles. The van der Waals surface area contributed by atoms with Gasteiger partial charge in [0.2, 0.25) is 11.8 Å². The van der Waals surface area contributed by atoms with Crippen LogP contribution < -0.4 is 14.4 Å². The third-order valence-corrected chi connectivity index (χ3v) is 9.04. The van der Waals surface area contributed by atoms with Gasteiger partial charge in [-0.15, -0.1) is 0 Å². The number of hydrogen-bond donors (Lipinski definition) is 1. The average molecular weight is 620 g/mol. The maximum Gasteiger partial charge on any atom is 0.264 e. The lowest BCUT2D eigenvalue weighted by Gasteiger charge is -2.33. The van der Waals surface area contributed by atoms with Gasteiger partial charge in [-0.25, -0.2) is 8.42 Å². The predicted octanol–water partition coefficient (Wildman–Crippen LogP) is 5.24. The molecule has 1 N–H and O–H groups in total. The molecule has 4 rings (SSSR count). The van der Waals surface area contributed by atoms with Crippen molar-refractivity contribution in [2.45, 2.75) is 30.8 Å². The number of sulfonamides is 1. The highest BCUT2D eigenvalue weighted by atomic mass is 35.5. The standard InChI is InChI=1S/C33H34ClN3O5S/c1-24-12-14-26(15-13-24)22-36(31(33(39)35-2)20-25-8-5-4-6-9-25)32(38)23-37(28-11-7-10-27(34)21-28)43(40,41)30-18-16-29(42-3)17-19-30/h4-19,21,31H,20,22-23H2,1-3H3,(H,35,39). The van der Waals surface area contributed by atoms with E-state index in [4.69, 9.17) is 16.3 Å². The summed E-state index contributed by atoms with van der Waals surface area (Å²) < 4.78 is 34.3. The number of aryl methyl sites for hydroxylation is 1. The monoisotopic (exact) mass is 619 g/mol. The van der Waals surface area contributed by atoms with Crippen LogP contribution in [0.2, 0.25) is 5.02 Å². The molecular weight excluding hydrogens is 586 g/mol. The number of methoxy groups -OCH3 is 1. The smallest absolute Gasteiger partial charge is 0.264 e. The highest BCUT2D eigenvalue weighted by Gasteiger charge is 2.34. The summed E-state index contributed by atoms with van der Waals surface area (Å²) in [6, 6.07) is 28.3. The fourth-order valence-electron chi connectivity index (χ4n) is 4.65. The Bertz CT molecular complexity index is 1650. The molecule has 0 spiro atoms. The molecule has 4 aromatic carbocycles. The van der Waals surface area contributed by atoms with Crippen molar-refractivity contribution in [2.75, 3.05) is 25.0 Å². The molecule has 0 radical (unpaired) electrons. The number of benzene rings is 4. The SMILES string of the molecule is CNC(=O)C(Cc1ccccc1)N(Cc1ccc(C)cc1)C(=O)CN(c1cccc(Cl)c1)S(=O)(=O)c1ccc(OC)cc1. The van der Waals surface area contributed by atoms with Crippen molar-refractivity contribution in [3.05, 3.63) is 125 Å². The molecule has 1 unspecified atom stereocenters. The molecule has 224 valence electrons. The number of carbonyl (C=O) groups excluding carboxylic acids is 2. The van der Waals surface area contributed by atoms with Crippen molar-refractivity contribution in [1.29, 1.82) is 0 Å². The van der Waals surface area contributed by atoms with E-state index in [1.54, 1.807) is 18.2 Å². The second-order valence-electron chi connectivity index (χ2n) is 9.99. The molecule has 4 aromatic rings. The molecule has 0 aliphatic rings. The number of hydrogen-bond acceptors (Lipinski definition) is 5. The molecule has 8 nitrogen and oxygen atoms in total. The molecule has 0 aliphatic heterocycles. The van der Waals surface area contributed by atoms with E-state index in [1.807, 2.05) is 61.5 Å². The van der Waals surface area contributed by atoms with Gasteiger partial charge in [-0.05, 0) is 60.5 Å². The lowest BCUT2D eigenvalue weighted by atomic mass is 10.0. The van der Waals surface area contributed by atoms with E-state index in [1.165, 1.54) is 49.4 Å². The first-order valence-electron chi connectivity index (χ1n) is 13.6. The first kappa shape index (κ1) is 31.6. The molecule has 0 fully saturated rings. The zero-order chi connectivity index (χ0) is 31.0. The summed E-state index contributed by atoms with van der Waals surface area (Å²) in [6.07, 6.45) is 0.237. The number of anilines is 1. The van der Waals surface area contributed by atoms with E-state index in [0.29, 0.717) is 10.8 Å². The van der Waals surface area contributed by atoms with E-state index < -0.39 is 28.5 Å². The van der Waals surface area contributed by atoms with Gasteiger partial charge in [0.1, 0.15) is 18.3 Å². The molecule has 43 heavy (non-hydrogen) atoms. The van der Waals surface area contributed by atoms with Gasteiger partial charge in [0.25, 0.3) is 10.0 Å². The van der Waals surface area contributed by atoms with E-state index in [2.05, 4.69) is 5.32 Å². The molecule has 10 heteroatoms. The van der Waals surface area contributed by atoms with Gasteiger partial charge in [-0.2, -0.15) is 0 Å². The summed E-state index contributed by atoms with van der Waals surface area (Å²) in [5.74, 6) is -0.429. The Hall–Kier alpha value is -4.34. The van der Waals surface area contributed by atoms with Gasteiger partial charge < -0.3 is 15.0 Å². The molecule has 2 amide bonds. The maximum atomic E-state index is 14.3. The van der Waals surface area contributed by atoms with Crippen LogP contribution in [-0.4, -0.2) is 51.9 Å². The minimum atomic E-state index is -4.24. The second kappa shape index (κ2) is 14.2. The summed E-state index contributed by atoms with van der Waals surface area (Å²) in [7, 11) is -1.24. The van der Waals surface area contributed by atoms with Gasteiger partial charge in [0, 0.05) is 25.0 Å². The number of amides is 2. The van der Waals surface area contributed by atoms with Crippen LogP contribution in [0, 0.1) is 6.92 Å². The third-order valence-electron chi connectivity index (χ3n) is 7.01. The summed E-state index contributed by atoms with van der Waals surface area (Å²) in [5.41, 5.74) is 2.92. The number of likely N-dealkylation sites (N-methyl/N-ethyl adjacent to an activating group) is 1. The fourth-order valence-corrected chi connectivity index (χ4v) is 6.24. The summed E-state index contributed by atoms with van der Waals surface area (Å²) >= 11 is 6.26. The Morgan fingerprint density at radius 2 is 1.56 bits per heavy atom. The third kappa shape index (κ3) is 7.94. The maximum absolute atomic E-state index is 14.3. The molecule has 0 bridgehead atoms. The summed E-state index contributed by atoms with van der Waals surface area (Å²) in [4.78, 5) is 29.0. The highest BCUT2D eigenvalue weighted by Crippen LogP contribution is 2.28. The minimum absolute atomic E-state index is 0.0294. The van der Waals surface area contributed by atoms with Crippen LogP contribution in [0.4, 0.5) is 5.69 Å². The van der Waals surface area contributed by atoms with Crippen LogP contribution >= 0.6 is 11.6 Å². The molecule has 1 atom stereocenters. The first-order chi connectivity index (χ1) is 20.6. The number of ether oxygens (including phenoxy) is 1. The van der Waals surface area contributed by atoms with Crippen LogP contribution in [0.3, 0.4) is 0 Å². The highest BCUT2D eigenvalue weighted by molar-refractivity contribution is 7.92. The van der Waals surface area contributed by atoms with Gasteiger partial charge >= 0.3 is 0 Å². The Labute approximate surface area is 257 Å². The Morgan fingerprint density at radius 1 is 0.884 bits per heavy atom. The number of halogens is 1. The number of carbonyl (C=O) groups is 2. The van der Waals surface area contributed by atoms with E-state index in [9.17, 15) is 18.0 Å². The Kier molecular flexibility index (Phi) is 10.4. The van der Waals surface area contributed by atoms with Crippen molar-refractivity contribution in [1.82, 2.24) is 10.2 Å². The topological polar surface area (TPSA) is 96.0 Å². The zero-order valence-electron chi connectivity index (χ0n) is 24.2. The molecule has 0 saturated heterocycles. The van der Waals surface area contributed by atoms with E-state index in [0.717, 1.165) is 21.0 Å². The fraction of sp³-hybridized carbons (Fsp3) is 0.212. The van der Waals surface area contributed by atoms with E-state index in [-0.39, 0.29) is 29.5 Å². The molecular formula is C33H34ClN3O5S. The van der Waals surface area contributed by atoms with Crippen molar-refractivity contribution in [3.8, 4) is 5.75 Å². The van der Waals surface area contributed by atoms with Crippen LogP contribution in [0.1, 0.15) is 16.7 Å². The van der Waals surface area contributed by atoms with Crippen LogP contribution in [0.15, 0.2) is 108 Å². The Morgan fingerprint density at radius 3 is 2.16 bits per heavy atom. The zero-order valence-corrected chi connectivity index (χ0v) is 25.8. The molecule has 0 heterocycles. The number of nitrogens with zero attached hydrogens (tertiary/aromatic N) is 2. The average Bonchev–Trinajstić information content (AvgIpc) is 3.02. The van der Waals surface area contributed by atoms with E-state index >= 15 is 0 Å². The van der Waals surface area contributed by atoms with Gasteiger partial charge in [0.05, 0.1) is 17.7 Å². The largest absolute Gasteiger partial charge is 0.497 e. The second-order valence-corrected chi connectivity index (χ2v) is 12.3.